The third-order valence-corrected chi connectivity index (χ3v) is 4.77. The second kappa shape index (κ2) is 9.38. The van der Waals surface area contributed by atoms with E-state index in [0.29, 0.717) is 0 Å². The first-order valence-corrected chi connectivity index (χ1v) is 9.50. The summed E-state index contributed by atoms with van der Waals surface area (Å²) in [4.78, 5) is 11.8. The van der Waals surface area contributed by atoms with Crippen LogP contribution in [0.5, 0.6) is 5.75 Å². The van der Waals surface area contributed by atoms with Crippen molar-refractivity contribution in [2.75, 3.05) is 6.61 Å². The Kier molecular flexibility index (Phi) is 7.52. The van der Waals surface area contributed by atoms with Gasteiger partial charge >= 0.3 is 18.3 Å². The van der Waals surface area contributed by atoms with Gasteiger partial charge in [-0.3, -0.25) is 4.79 Å². The summed E-state index contributed by atoms with van der Waals surface area (Å²) >= 11 is 6.20. The highest BCUT2D eigenvalue weighted by Crippen LogP contribution is 2.41. The highest BCUT2D eigenvalue weighted by atomic mass is 35.5. The van der Waals surface area contributed by atoms with Crippen LogP contribution in [0, 0.1) is 5.92 Å². The van der Waals surface area contributed by atoms with Gasteiger partial charge in [-0.2, -0.15) is 26.3 Å². The predicted octanol–water partition coefficient (Wildman–Crippen LogP) is 7.18. The molecule has 0 bridgehead atoms. The van der Waals surface area contributed by atoms with Crippen molar-refractivity contribution in [1.29, 1.82) is 0 Å². The molecule has 0 heterocycles. The van der Waals surface area contributed by atoms with E-state index >= 15 is 0 Å². The number of carbonyl (C=O) groups is 1. The van der Waals surface area contributed by atoms with Gasteiger partial charge in [0.25, 0.3) is 0 Å². The number of hydrogen-bond donors (Lipinski definition) is 1. The van der Waals surface area contributed by atoms with E-state index < -0.39 is 42.2 Å². The van der Waals surface area contributed by atoms with Gasteiger partial charge < -0.3 is 9.84 Å². The number of rotatable bonds is 7. The summed E-state index contributed by atoms with van der Waals surface area (Å²) < 4.78 is 81.2. The monoisotopic (exact) mass is 468 g/mol. The van der Waals surface area contributed by atoms with E-state index in [-0.39, 0.29) is 34.1 Å². The van der Waals surface area contributed by atoms with Crippen LogP contribution in [0.4, 0.5) is 26.3 Å². The molecule has 0 fully saturated rings. The minimum absolute atomic E-state index is 0.0501. The van der Waals surface area contributed by atoms with Gasteiger partial charge in [-0.05, 0) is 47.7 Å². The molecule has 0 aliphatic carbocycles. The first-order chi connectivity index (χ1) is 14.2. The SMILES string of the molecule is CC(C)C[C@H](C(=O)O)c1cc(OCC(F)(F)F)c(Cl)c(-c2ccc(C(F)(F)F)cc2)c1. The summed E-state index contributed by atoms with van der Waals surface area (Å²) in [7, 11) is 0. The number of carboxylic acids is 1. The van der Waals surface area contributed by atoms with Crippen molar-refractivity contribution in [3.63, 3.8) is 0 Å². The molecule has 31 heavy (non-hydrogen) atoms. The van der Waals surface area contributed by atoms with Crippen molar-refractivity contribution < 1.29 is 41.0 Å². The van der Waals surface area contributed by atoms with Crippen molar-refractivity contribution >= 4 is 17.6 Å². The number of carboxylic acid groups (broad SMARTS) is 1. The van der Waals surface area contributed by atoms with Gasteiger partial charge in [0.1, 0.15) is 5.75 Å². The van der Waals surface area contributed by atoms with Crippen LogP contribution < -0.4 is 4.74 Å². The lowest BCUT2D eigenvalue weighted by Crippen LogP contribution is -2.20. The van der Waals surface area contributed by atoms with E-state index in [1.807, 2.05) is 0 Å². The van der Waals surface area contributed by atoms with Crippen molar-refractivity contribution in [3.05, 3.63) is 52.5 Å². The number of aliphatic carboxylic acids is 1. The summed E-state index contributed by atoms with van der Waals surface area (Å²) in [6, 6.07) is 6.31. The lowest BCUT2D eigenvalue weighted by molar-refractivity contribution is -0.153. The second-order valence-electron chi connectivity index (χ2n) is 7.38. The lowest BCUT2D eigenvalue weighted by atomic mass is 9.88. The van der Waals surface area contributed by atoms with Gasteiger partial charge in [-0.15, -0.1) is 0 Å². The van der Waals surface area contributed by atoms with E-state index in [0.717, 1.165) is 30.3 Å². The molecule has 0 unspecified atom stereocenters. The third kappa shape index (κ3) is 6.78. The van der Waals surface area contributed by atoms with Crippen LogP contribution in [-0.4, -0.2) is 23.9 Å². The van der Waals surface area contributed by atoms with Crippen molar-refractivity contribution in [1.82, 2.24) is 0 Å². The van der Waals surface area contributed by atoms with Gasteiger partial charge in [-0.1, -0.05) is 37.6 Å². The van der Waals surface area contributed by atoms with E-state index in [9.17, 15) is 36.2 Å². The van der Waals surface area contributed by atoms with E-state index in [2.05, 4.69) is 0 Å². The molecule has 2 rings (SSSR count). The molecule has 0 aromatic heterocycles. The van der Waals surface area contributed by atoms with Gasteiger partial charge in [0, 0.05) is 5.56 Å². The zero-order valence-electron chi connectivity index (χ0n) is 16.4. The Morgan fingerprint density at radius 2 is 1.65 bits per heavy atom. The molecule has 1 N–H and O–H groups in total. The molecule has 1 atom stereocenters. The molecular weight excluding hydrogens is 450 g/mol. The molecule has 2 aromatic rings. The maximum Gasteiger partial charge on any atom is 0.422 e. The van der Waals surface area contributed by atoms with Crippen LogP contribution in [0.3, 0.4) is 0 Å². The van der Waals surface area contributed by atoms with Crippen molar-refractivity contribution in [2.45, 2.75) is 38.5 Å². The fourth-order valence-electron chi connectivity index (χ4n) is 2.98. The van der Waals surface area contributed by atoms with Crippen LogP contribution in [-0.2, 0) is 11.0 Å². The fourth-order valence-corrected chi connectivity index (χ4v) is 3.26. The van der Waals surface area contributed by atoms with Gasteiger partial charge in [0.15, 0.2) is 6.61 Å². The Labute approximate surface area is 179 Å². The van der Waals surface area contributed by atoms with Crippen molar-refractivity contribution in [2.24, 2.45) is 5.92 Å². The Hall–Kier alpha value is -2.42. The highest BCUT2D eigenvalue weighted by Gasteiger charge is 2.31. The molecule has 0 saturated carbocycles. The molecule has 0 aliphatic heterocycles. The third-order valence-electron chi connectivity index (χ3n) is 4.38. The first-order valence-electron chi connectivity index (χ1n) is 9.12. The predicted molar refractivity (Wildman–Crippen MR) is 103 cm³/mol. The van der Waals surface area contributed by atoms with Gasteiger partial charge in [0.2, 0.25) is 0 Å². The van der Waals surface area contributed by atoms with Crippen LogP contribution in [0.25, 0.3) is 11.1 Å². The fraction of sp³-hybridized carbons (Fsp3) is 0.381. The zero-order chi connectivity index (χ0) is 23.6. The minimum Gasteiger partial charge on any atom is -0.483 e. The number of ether oxygens (including phenoxy) is 1. The Morgan fingerprint density at radius 1 is 1.06 bits per heavy atom. The smallest absolute Gasteiger partial charge is 0.422 e. The average molecular weight is 469 g/mol. The molecule has 3 nitrogen and oxygen atoms in total. The number of halogens is 7. The van der Waals surface area contributed by atoms with Gasteiger partial charge in [0.05, 0.1) is 16.5 Å². The van der Waals surface area contributed by atoms with Crippen LogP contribution >= 0.6 is 11.6 Å². The maximum absolute atomic E-state index is 12.8. The quantitative estimate of drug-likeness (QED) is 0.438. The molecule has 0 aliphatic rings. The van der Waals surface area contributed by atoms with Crippen LogP contribution in [0.15, 0.2) is 36.4 Å². The average Bonchev–Trinajstić information content (AvgIpc) is 2.64. The largest absolute Gasteiger partial charge is 0.483 e. The standard InChI is InChI=1S/C21H19ClF6O3/c1-11(2)7-16(19(29)30)13-8-15(12-3-5-14(6-4-12)21(26,27)28)18(22)17(9-13)31-10-20(23,24)25/h3-6,8-9,11,16H,7,10H2,1-2H3,(H,29,30)/t16-/m0/s1. The van der Waals surface area contributed by atoms with Gasteiger partial charge in [-0.25, -0.2) is 0 Å². The summed E-state index contributed by atoms with van der Waals surface area (Å²) in [5.74, 6) is -2.72. The molecule has 2 aromatic carbocycles. The maximum atomic E-state index is 12.8. The topological polar surface area (TPSA) is 46.5 Å². The summed E-state index contributed by atoms with van der Waals surface area (Å²) in [6.45, 7) is 1.90. The molecular formula is C21H19ClF6O3. The Bertz CT molecular complexity index is 920. The van der Waals surface area contributed by atoms with E-state index in [4.69, 9.17) is 16.3 Å². The molecule has 0 amide bonds. The normalized spacial score (nSPS) is 13.4. The summed E-state index contributed by atoms with van der Waals surface area (Å²) in [5, 5.41) is 9.34. The van der Waals surface area contributed by atoms with E-state index in [1.165, 1.54) is 6.07 Å². The number of hydrogen-bond acceptors (Lipinski definition) is 2. The zero-order valence-corrected chi connectivity index (χ0v) is 17.2. The molecule has 0 radical (unpaired) electrons. The van der Waals surface area contributed by atoms with Crippen LogP contribution in [0.1, 0.15) is 37.3 Å². The second-order valence-corrected chi connectivity index (χ2v) is 7.76. The lowest BCUT2D eigenvalue weighted by Gasteiger charge is -2.20. The highest BCUT2D eigenvalue weighted by molar-refractivity contribution is 6.34. The number of alkyl halides is 6. The first kappa shape index (κ1) is 24.8. The summed E-state index contributed by atoms with van der Waals surface area (Å²) in [6.07, 6.45) is -9.06. The Morgan fingerprint density at radius 3 is 2.10 bits per heavy atom. The Balaban J connectivity index is 2.61. The molecule has 0 saturated heterocycles. The molecule has 0 spiro atoms. The van der Waals surface area contributed by atoms with Crippen LogP contribution in [0.2, 0.25) is 5.02 Å². The molecule has 170 valence electrons. The summed E-state index contributed by atoms with van der Waals surface area (Å²) in [5.41, 5.74) is -0.538. The van der Waals surface area contributed by atoms with Crippen molar-refractivity contribution in [3.8, 4) is 16.9 Å². The number of benzene rings is 2. The minimum atomic E-state index is -4.67. The molecule has 10 heteroatoms. The van der Waals surface area contributed by atoms with E-state index in [1.54, 1.807) is 13.8 Å².